The molecule has 4 unspecified atom stereocenters. The van der Waals surface area contributed by atoms with Crippen LogP contribution >= 0.6 is 0 Å². The number of aromatic nitrogens is 2. The Morgan fingerprint density at radius 1 is 0.630 bits per heavy atom. The number of para-hydroxylation sites is 2. The molecule has 12 nitrogen and oxygen atoms in total. The van der Waals surface area contributed by atoms with Gasteiger partial charge >= 0.3 is 5.97 Å². The third-order valence-corrected chi connectivity index (χ3v) is 7.90. The summed E-state index contributed by atoms with van der Waals surface area (Å²) in [4.78, 5) is 58.5. The number of nitrogens with two attached hydrogens (primary N) is 1. The van der Waals surface area contributed by atoms with Crippen LogP contribution in [-0.4, -0.2) is 74.6 Å². The molecule has 0 radical (unpaired) electrons. The minimum absolute atomic E-state index is 0.0318. The Hall–Kier alpha value is -5.46. The molecule has 0 bridgehead atoms. The van der Waals surface area contributed by atoms with E-state index in [1.165, 1.54) is 0 Å². The number of benzene rings is 3. The average Bonchev–Trinajstić information content (AvgIpc) is 3.67. The van der Waals surface area contributed by atoms with Crippen LogP contribution in [0.1, 0.15) is 16.7 Å². The van der Waals surface area contributed by atoms with Crippen LogP contribution < -0.4 is 21.7 Å². The number of fused-ring (bicyclic) bond motifs is 2. The highest BCUT2D eigenvalue weighted by atomic mass is 16.4. The summed E-state index contributed by atoms with van der Waals surface area (Å²) in [5.41, 5.74) is 10.4. The molecule has 0 aliphatic carbocycles. The lowest BCUT2D eigenvalue weighted by Gasteiger charge is -2.25. The van der Waals surface area contributed by atoms with Gasteiger partial charge in [0.05, 0.1) is 12.6 Å². The molecule has 12 heteroatoms. The van der Waals surface area contributed by atoms with Crippen LogP contribution in [0, 0.1) is 0 Å². The van der Waals surface area contributed by atoms with Crippen LogP contribution in [0.2, 0.25) is 0 Å². The Balaban J connectivity index is 1.39. The standard InChI is InChI=1S/C34H36N6O6/c35-25(15-21-17-36-26-12-6-4-10-23(21)26)31(42)38-29(16-22-18-37-27-13-7-5-11-24(22)27)33(44)39-28(14-20-8-2-1-3-9-20)32(43)40-30(19-41)34(45)46/h1-13,17-18,25,28-30,36-37,41H,14-16,19,35H2,(H,38,42)(H,39,44)(H,40,43)(H,45,46). The zero-order chi connectivity index (χ0) is 32.6. The molecule has 0 aliphatic heterocycles. The fourth-order valence-corrected chi connectivity index (χ4v) is 5.43. The minimum Gasteiger partial charge on any atom is -0.480 e. The Morgan fingerprint density at radius 2 is 1.11 bits per heavy atom. The number of amides is 3. The lowest BCUT2D eigenvalue weighted by molar-refractivity contribution is -0.143. The molecule has 4 atom stereocenters. The topological polar surface area (TPSA) is 202 Å². The van der Waals surface area contributed by atoms with Gasteiger partial charge in [0.2, 0.25) is 17.7 Å². The van der Waals surface area contributed by atoms with E-state index in [2.05, 4.69) is 25.9 Å². The van der Waals surface area contributed by atoms with Crippen molar-refractivity contribution in [1.82, 2.24) is 25.9 Å². The molecule has 9 N–H and O–H groups in total. The monoisotopic (exact) mass is 624 g/mol. The smallest absolute Gasteiger partial charge is 0.328 e. The maximum atomic E-state index is 13.9. The lowest BCUT2D eigenvalue weighted by Crippen LogP contribution is -2.58. The molecule has 5 aromatic rings. The van der Waals surface area contributed by atoms with Gasteiger partial charge in [-0.2, -0.15) is 0 Å². The number of rotatable bonds is 14. The van der Waals surface area contributed by atoms with Crippen molar-refractivity contribution in [2.45, 2.75) is 43.4 Å². The van der Waals surface area contributed by atoms with E-state index in [9.17, 15) is 29.4 Å². The highest BCUT2D eigenvalue weighted by molar-refractivity contribution is 5.95. The van der Waals surface area contributed by atoms with Crippen molar-refractivity contribution in [3.05, 3.63) is 108 Å². The Morgan fingerprint density at radius 3 is 1.67 bits per heavy atom. The van der Waals surface area contributed by atoms with Crippen molar-refractivity contribution in [3.8, 4) is 0 Å². The van der Waals surface area contributed by atoms with Crippen LogP contribution in [0.15, 0.2) is 91.3 Å². The number of aliphatic hydroxyl groups excluding tert-OH is 1. The number of hydrogen-bond acceptors (Lipinski definition) is 6. The molecule has 0 saturated carbocycles. The molecular weight excluding hydrogens is 588 g/mol. The summed E-state index contributed by atoms with van der Waals surface area (Å²) in [6.45, 7) is -0.833. The summed E-state index contributed by atoms with van der Waals surface area (Å²) < 4.78 is 0. The maximum absolute atomic E-state index is 13.9. The molecule has 0 aliphatic rings. The molecule has 238 valence electrons. The summed E-state index contributed by atoms with van der Waals surface area (Å²) in [6, 6.07) is 19.2. The predicted molar refractivity (Wildman–Crippen MR) is 173 cm³/mol. The second-order valence-electron chi connectivity index (χ2n) is 11.1. The Bertz CT molecular complexity index is 1830. The largest absolute Gasteiger partial charge is 0.480 e. The van der Waals surface area contributed by atoms with Crippen LogP contribution in [-0.2, 0) is 38.4 Å². The number of nitrogens with one attached hydrogen (secondary N) is 5. The maximum Gasteiger partial charge on any atom is 0.328 e. The SMILES string of the molecule is NC(Cc1c[nH]c2ccccc12)C(=O)NC(Cc1c[nH]c2ccccc12)C(=O)NC(Cc1ccccc1)C(=O)NC(CO)C(=O)O. The van der Waals surface area contributed by atoms with E-state index in [0.29, 0.717) is 5.56 Å². The van der Waals surface area contributed by atoms with Gasteiger partial charge in [-0.15, -0.1) is 0 Å². The van der Waals surface area contributed by atoms with E-state index >= 15 is 0 Å². The first kappa shape index (κ1) is 31.9. The van der Waals surface area contributed by atoms with Gasteiger partial charge in [-0.05, 0) is 35.2 Å². The average molecular weight is 625 g/mol. The number of carboxylic acids is 1. The number of H-pyrrole nitrogens is 2. The number of carboxylic acid groups (broad SMARTS) is 1. The van der Waals surface area contributed by atoms with E-state index in [1.54, 1.807) is 42.7 Å². The number of aliphatic hydroxyl groups is 1. The van der Waals surface area contributed by atoms with E-state index in [-0.39, 0.29) is 19.3 Å². The third kappa shape index (κ3) is 7.60. The quantitative estimate of drug-likeness (QED) is 0.0915. The van der Waals surface area contributed by atoms with Gasteiger partial charge in [-0.3, -0.25) is 14.4 Å². The van der Waals surface area contributed by atoms with E-state index in [1.807, 2.05) is 48.5 Å². The Kier molecular flexibility index (Phi) is 10.1. The molecule has 0 saturated heterocycles. The van der Waals surface area contributed by atoms with Gasteiger partial charge in [0.25, 0.3) is 0 Å². The first-order valence-corrected chi connectivity index (χ1v) is 14.9. The van der Waals surface area contributed by atoms with Crippen LogP contribution in [0.3, 0.4) is 0 Å². The first-order valence-electron chi connectivity index (χ1n) is 14.9. The van der Waals surface area contributed by atoms with Crippen LogP contribution in [0.4, 0.5) is 0 Å². The van der Waals surface area contributed by atoms with E-state index in [0.717, 1.165) is 32.9 Å². The number of carbonyl (C=O) groups excluding carboxylic acids is 3. The number of aromatic amines is 2. The van der Waals surface area contributed by atoms with Gasteiger partial charge in [0.15, 0.2) is 0 Å². The third-order valence-electron chi connectivity index (χ3n) is 7.90. The summed E-state index contributed by atoms with van der Waals surface area (Å²) >= 11 is 0. The fourth-order valence-electron chi connectivity index (χ4n) is 5.43. The minimum atomic E-state index is -1.56. The van der Waals surface area contributed by atoms with Gasteiger partial charge in [0.1, 0.15) is 18.1 Å². The number of carbonyl (C=O) groups is 4. The molecule has 3 aromatic carbocycles. The highest BCUT2D eigenvalue weighted by Gasteiger charge is 2.31. The lowest BCUT2D eigenvalue weighted by atomic mass is 10.0. The molecule has 0 spiro atoms. The zero-order valence-electron chi connectivity index (χ0n) is 24.9. The molecule has 3 amide bonds. The first-order chi connectivity index (χ1) is 22.2. The molecule has 2 aromatic heterocycles. The summed E-state index contributed by atoms with van der Waals surface area (Å²) in [5.74, 6) is -3.44. The van der Waals surface area contributed by atoms with Gasteiger partial charge < -0.3 is 41.9 Å². The van der Waals surface area contributed by atoms with Crippen molar-refractivity contribution in [3.63, 3.8) is 0 Å². The van der Waals surface area contributed by atoms with E-state index < -0.39 is 54.5 Å². The molecule has 5 rings (SSSR count). The number of aliphatic carboxylic acids is 1. The van der Waals surface area contributed by atoms with Crippen LogP contribution in [0.25, 0.3) is 21.8 Å². The van der Waals surface area contributed by atoms with Gasteiger partial charge in [-0.1, -0.05) is 66.7 Å². The van der Waals surface area contributed by atoms with Crippen molar-refractivity contribution in [1.29, 1.82) is 0 Å². The van der Waals surface area contributed by atoms with Crippen molar-refractivity contribution >= 4 is 45.5 Å². The summed E-state index contributed by atoms with van der Waals surface area (Å²) in [6.07, 6.45) is 3.89. The fraction of sp³-hybridized carbons (Fsp3) is 0.235. The molecule has 0 fully saturated rings. The normalized spacial score (nSPS) is 13.9. The van der Waals surface area contributed by atoms with Crippen molar-refractivity contribution in [2.24, 2.45) is 5.73 Å². The summed E-state index contributed by atoms with van der Waals surface area (Å²) in [5, 5.41) is 28.4. The number of hydrogen-bond donors (Lipinski definition) is 8. The molecule has 46 heavy (non-hydrogen) atoms. The second kappa shape index (κ2) is 14.5. The zero-order valence-corrected chi connectivity index (χ0v) is 24.9. The van der Waals surface area contributed by atoms with E-state index in [4.69, 9.17) is 5.73 Å². The Labute approximate surface area is 264 Å². The van der Waals surface area contributed by atoms with Gasteiger partial charge in [0, 0.05) is 47.0 Å². The van der Waals surface area contributed by atoms with Crippen molar-refractivity contribution < 1.29 is 29.4 Å². The molecule has 2 heterocycles. The highest BCUT2D eigenvalue weighted by Crippen LogP contribution is 2.21. The van der Waals surface area contributed by atoms with Crippen LogP contribution in [0.5, 0.6) is 0 Å². The summed E-state index contributed by atoms with van der Waals surface area (Å²) in [7, 11) is 0. The molecular formula is C34H36N6O6. The predicted octanol–water partition coefficient (Wildman–Crippen LogP) is 1.54. The van der Waals surface area contributed by atoms with Gasteiger partial charge in [-0.25, -0.2) is 4.79 Å². The second-order valence-corrected chi connectivity index (χ2v) is 11.1. The van der Waals surface area contributed by atoms with Crippen molar-refractivity contribution in [2.75, 3.05) is 6.61 Å².